The predicted molar refractivity (Wildman–Crippen MR) is 124 cm³/mol. The Bertz CT molecular complexity index is 1310. The quantitative estimate of drug-likeness (QED) is 0.209. The molecule has 0 radical (unpaired) electrons. The SMILES string of the molecule is Cc1cc(-c2ccc(/C=C3\SC(=S)N(c4ccc([N+](=O)[O-])cc4)C3=O)o2)ccc1[N+](=O)[O-]. The van der Waals surface area contributed by atoms with Gasteiger partial charge in [0.1, 0.15) is 11.5 Å². The standard InChI is InChI=1S/C21H13N3O6S2/c1-12-10-13(2-8-17(12)24(28)29)18-9-7-16(30-18)11-19-20(25)22(21(31)32-19)14-3-5-15(6-4-14)23(26)27/h2-11H,1H3/b19-11-. The van der Waals surface area contributed by atoms with Crippen molar-refractivity contribution in [2.24, 2.45) is 0 Å². The van der Waals surface area contributed by atoms with Crippen LogP contribution in [0.4, 0.5) is 17.1 Å². The van der Waals surface area contributed by atoms with Crippen molar-refractivity contribution in [3.63, 3.8) is 0 Å². The van der Waals surface area contributed by atoms with E-state index in [2.05, 4.69) is 0 Å². The van der Waals surface area contributed by atoms with Crippen LogP contribution in [0.5, 0.6) is 0 Å². The van der Waals surface area contributed by atoms with Crippen molar-refractivity contribution >= 4 is 57.3 Å². The van der Waals surface area contributed by atoms with Crippen molar-refractivity contribution in [3.05, 3.63) is 91.1 Å². The molecule has 0 aliphatic carbocycles. The van der Waals surface area contributed by atoms with Crippen LogP contribution in [-0.2, 0) is 4.79 Å². The largest absolute Gasteiger partial charge is 0.457 e. The van der Waals surface area contributed by atoms with E-state index in [1.165, 1.54) is 35.2 Å². The summed E-state index contributed by atoms with van der Waals surface area (Å²) >= 11 is 6.41. The molecule has 0 spiro atoms. The second kappa shape index (κ2) is 8.36. The number of furan rings is 1. The summed E-state index contributed by atoms with van der Waals surface area (Å²) < 4.78 is 6.10. The lowest BCUT2D eigenvalue weighted by molar-refractivity contribution is -0.385. The molecule has 0 bridgehead atoms. The molecule has 1 aliphatic rings. The number of rotatable bonds is 5. The molecule has 32 heavy (non-hydrogen) atoms. The Morgan fingerprint density at radius 3 is 2.38 bits per heavy atom. The molecule has 1 amide bonds. The normalized spacial score (nSPS) is 14.9. The Labute approximate surface area is 190 Å². The second-order valence-electron chi connectivity index (χ2n) is 6.75. The Morgan fingerprint density at radius 1 is 1.03 bits per heavy atom. The van der Waals surface area contributed by atoms with Gasteiger partial charge >= 0.3 is 0 Å². The number of amides is 1. The molecule has 160 valence electrons. The molecule has 4 rings (SSSR count). The number of nitro benzene ring substituents is 2. The van der Waals surface area contributed by atoms with Crippen LogP contribution in [0.2, 0.25) is 0 Å². The van der Waals surface area contributed by atoms with Gasteiger partial charge in [-0.3, -0.25) is 29.9 Å². The fourth-order valence-electron chi connectivity index (χ4n) is 3.14. The highest BCUT2D eigenvalue weighted by molar-refractivity contribution is 8.27. The van der Waals surface area contributed by atoms with Crippen molar-refractivity contribution in [3.8, 4) is 11.3 Å². The smallest absolute Gasteiger partial charge is 0.272 e. The lowest BCUT2D eigenvalue weighted by Gasteiger charge is -2.13. The maximum atomic E-state index is 12.9. The third-order valence-corrected chi connectivity index (χ3v) is 5.99. The number of hydrogen-bond donors (Lipinski definition) is 0. The molecule has 2 heterocycles. The zero-order valence-corrected chi connectivity index (χ0v) is 18.0. The highest BCUT2D eigenvalue weighted by Gasteiger charge is 2.33. The average Bonchev–Trinajstić information content (AvgIpc) is 3.32. The maximum Gasteiger partial charge on any atom is 0.272 e. The molecule has 0 saturated carbocycles. The zero-order valence-electron chi connectivity index (χ0n) is 16.4. The van der Waals surface area contributed by atoms with E-state index in [1.54, 1.807) is 37.3 Å². The number of nitrogens with zero attached hydrogens (tertiary/aromatic N) is 3. The van der Waals surface area contributed by atoms with Gasteiger partial charge in [-0.25, -0.2) is 0 Å². The molecule has 1 saturated heterocycles. The molecule has 1 aromatic heterocycles. The molecular weight excluding hydrogens is 454 g/mol. The summed E-state index contributed by atoms with van der Waals surface area (Å²) in [5.41, 5.74) is 1.55. The van der Waals surface area contributed by atoms with Gasteiger partial charge in [-0.15, -0.1) is 0 Å². The third-order valence-electron chi connectivity index (χ3n) is 4.69. The summed E-state index contributed by atoms with van der Waals surface area (Å²) in [4.78, 5) is 35.4. The monoisotopic (exact) mass is 467 g/mol. The van der Waals surface area contributed by atoms with Gasteiger partial charge in [-0.05, 0) is 43.3 Å². The van der Waals surface area contributed by atoms with Crippen LogP contribution in [0, 0.1) is 27.2 Å². The van der Waals surface area contributed by atoms with E-state index in [1.807, 2.05) is 0 Å². The van der Waals surface area contributed by atoms with E-state index in [0.29, 0.717) is 37.6 Å². The Morgan fingerprint density at radius 2 is 1.75 bits per heavy atom. The minimum Gasteiger partial charge on any atom is -0.457 e. The summed E-state index contributed by atoms with van der Waals surface area (Å²) in [6.07, 6.45) is 1.56. The molecule has 1 aliphatic heterocycles. The number of anilines is 1. The maximum absolute atomic E-state index is 12.9. The van der Waals surface area contributed by atoms with Crippen molar-refractivity contribution in [1.29, 1.82) is 0 Å². The first-order valence-electron chi connectivity index (χ1n) is 9.12. The van der Waals surface area contributed by atoms with E-state index < -0.39 is 9.85 Å². The van der Waals surface area contributed by atoms with Gasteiger partial charge in [-0.2, -0.15) is 0 Å². The van der Waals surface area contributed by atoms with E-state index in [0.717, 1.165) is 11.8 Å². The Hall–Kier alpha value is -3.83. The van der Waals surface area contributed by atoms with Gasteiger partial charge in [-0.1, -0.05) is 24.0 Å². The molecule has 1 fully saturated rings. The molecule has 3 aromatic rings. The van der Waals surface area contributed by atoms with Crippen LogP contribution in [0.3, 0.4) is 0 Å². The van der Waals surface area contributed by atoms with Gasteiger partial charge in [0.2, 0.25) is 0 Å². The molecular formula is C21H13N3O6S2. The number of non-ortho nitro benzene ring substituents is 1. The van der Waals surface area contributed by atoms with E-state index in [4.69, 9.17) is 16.6 Å². The first-order chi connectivity index (χ1) is 15.2. The highest BCUT2D eigenvalue weighted by atomic mass is 32.2. The van der Waals surface area contributed by atoms with E-state index >= 15 is 0 Å². The van der Waals surface area contributed by atoms with Crippen LogP contribution in [0.1, 0.15) is 11.3 Å². The first-order valence-corrected chi connectivity index (χ1v) is 10.3. The highest BCUT2D eigenvalue weighted by Crippen LogP contribution is 2.37. The van der Waals surface area contributed by atoms with Crippen LogP contribution >= 0.6 is 24.0 Å². The van der Waals surface area contributed by atoms with Gasteiger partial charge in [0.25, 0.3) is 17.3 Å². The number of nitro groups is 2. The predicted octanol–water partition coefficient (Wildman–Crippen LogP) is 5.48. The van der Waals surface area contributed by atoms with Gasteiger partial charge in [0, 0.05) is 35.4 Å². The minimum atomic E-state index is -0.519. The molecule has 0 N–H and O–H groups in total. The summed E-state index contributed by atoms with van der Waals surface area (Å²) in [5.74, 6) is 0.554. The van der Waals surface area contributed by atoms with Crippen molar-refractivity contribution in [2.45, 2.75) is 6.92 Å². The minimum absolute atomic E-state index is 0.0236. The number of thioether (sulfide) groups is 1. The number of aryl methyl sites for hydroxylation is 1. The van der Waals surface area contributed by atoms with Crippen molar-refractivity contribution < 1.29 is 19.1 Å². The van der Waals surface area contributed by atoms with Crippen molar-refractivity contribution in [1.82, 2.24) is 0 Å². The molecule has 11 heteroatoms. The lowest BCUT2D eigenvalue weighted by atomic mass is 10.1. The third kappa shape index (κ3) is 4.03. The first kappa shape index (κ1) is 21.4. The molecule has 0 unspecified atom stereocenters. The van der Waals surface area contributed by atoms with Crippen LogP contribution in [0.25, 0.3) is 17.4 Å². The van der Waals surface area contributed by atoms with Crippen LogP contribution in [0.15, 0.2) is 63.9 Å². The average molecular weight is 467 g/mol. The summed E-state index contributed by atoms with van der Waals surface area (Å²) in [5, 5.41) is 21.8. The number of carbonyl (C=O) groups excluding carboxylic acids is 1. The fourth-order valence-corrected chi connectivity index (χ4v) is 4.42. The zero-order chi connectivity index (χ0) is 23.0. The summed E-state index contributed by atoms with van der Waals surface area (Å²) in [6, 6.07) is 13.6. The fraction of sp³-hybridized carbons (Fsp3) is 0.0476. The Balaban J connectivity index is 1.57. The summed E-state index contributed by atoms with van der Waals surface area (Å²) in [7, 11) is 0. The molecule has 0 atom stereocenters. The van der Waals surface area contributed by atoms with Gasteiger partial charge in [0.15, 0.2) is 4.32 Å². The number of benzene rings is 2. The molecule has 2 aromatic carbocycles. The van der Waals surface area contributed by atoms with Crippen LogP contribution < -0.4 is 4.90 Å². The Kier molecular flexibility index (Phi) is 5.59. The number of hydrogen-bond acceptors (Lipinski definition) is 8. The number of carbonyl (C=O) groups is 1. The summed E-state index contributed by atoms with van der Waals surface area (Å²) in [6.45, 7) is 1.65. The topological polar surface area (TPSA) is 120 Å². The van der Waals surface area contributed by atoms with Crippen molar-refractivity contribution in [2.75, 3.05) is 4.90 Å². The van der Waals surface area contributed by atoms with Gasteiger partial charge in [0.05, 0.1) is 20.4 Å². The van der Waals surface area contributed by atoms with E-state index in [-0.39, 0.29) is 17.3 Å². The van der Waals surface area contributed by atoms with Gasteiger partial charge < -0.3 is 4.42 Å². The molecule has 9 nitrogen and oxygen atoms in total. The van der Waals surface area contributed by atoms with Crippen LogP contribution in [-0.4, -0.2) is 20.1 Å². The lowest BCUT2D eigenvalue weighted by Crippen LogP contribution is -2.27. The van der Waals surface area contributed by atoms with E-state index in [9.17, 15) is 25.0 Å². The second-order valence-corrected chi connectivity index (χ2v) is 8.43. The number of thiocarbonyl (C=S) groups is 1.